The number of hydrogen-bond acceptors (Lipinski definition) is 2. The third kappa shape index (κ3) is 2.08. The SMILES string of the molecule is C/C(=N\O)c1ccc(Cl)c(Cl)c1Cl. The van der Waals surface area contributed by atoms with Crippen LogP contribution >= 0.6 is 34.8 Å². The first-order chi connectivity index (χ1) is 6.07. The number of rotatable bonds is 1. The molecule has 1 rings (SSSR count). The molecule has 0 aliphatic carbocycles. The van der Waals surface area contributed by atoms with Crippen LogP contribution in [0.5, 0.6) is 0 Å². The molecule has 0 spiro atoms. The third-order valence-electron chi connectivity index (χ3n) is 1.57. The van der Waals surface area contributed by atoms with Gasteiger partial charge in [-0.2, -0.15) is 0 Å². The van der Waals surface area contributed by atoms with Crippen molar-refractivity contribution in [3.05, 3.63) is 32.8 Å². The van der Waals surface area contributed by atoms with Gasteiger partial charge in [0.1, 0.15) is 0 Å². The molecule has 0 saturated carbocycles. The quantitative estimate of drug-likeness (QED) is 0.343. The van der Waals surface area contributed by atoms with E-state index in [9.17, 15) is 0 Å². The summed E-state index contributed by atoms with van der Waals surface area (Å²) in [5.41, 5.74) is 0.960. The van der Waals surface area contributed by atoms with Crippen LogP contribution in [0.1, 0.15) is 12.5 Å². The molecule has 0 saturated heterocycles. The van der Waals surface area contributed by atoms with Gasteiger partial charge in [-0.05, 0) is 19.1 Å². The molecule has 0 aromatic heterocycles. The number of oxime groups is 1. The minimum absolute atomic E-state index is 0.267. The Kier molecular flexibility index (Phi) is 3.42. The van der Waals surface area contributed by atoms with E-state index in [0.29, 0.717) is 21.3 Å². The largest absolute Gasteiger partial charge is 0.411 e. The molecule has 0 unspecified atom stereocenters. The van der Waals surface area contributed by atoms with Gasteiger partial charge >= 0.3 is 0 Å². The van der Waals surface area contributed by atoms with Gasteiger partial charge in [0.2, 0.25) is 0 Å². The van der Waals surface area contributed by atoms with Crippen molar-refractivity contribution in [2.45, 2.75) is 6.92 Å². The van der Waals surface area contributed by atoms with Crippen LogP contribution in [0.25, 0.3) is 0 Å². The molecule has 5 heteroatoms. The van der Waals surface area contributed by atoms with Gasteiger partial charge in [-0.25, -0.2) is 0 Å². The van der Waals surface area contributed by atoms with Gasteiger partial charge in [-0.15, -0.1) is 0 Å². The van der Waals surface area contributed by atoms with Crippen molar-refractivity contribution < 1.29 is 5.21 Å². The van der Waals surface area contributed by atoms with Crippen LogP contribution in [0, 0.1) is 0 Å². The van der Waals surface area contributed by atoms with Gasteiger partial charge in [-0.1, -0.05) is 40.0 Å². The highest BCUT2D eigenvalue weighted by Crippen LogP contribution is 2.32. The zero-order valence-corrected chi connectivity index (χ0v) is 8.95. The van der Waals surface area contributed by atoms with Crippen LogP contribution in [0.4, 0.5) is 0 Å². The van der Waals surface area contributed by atoms with Gasteiger partial charge < -0.3 is 5.21 Å². The van der Waals surface area contributed by atoms with Crippen molar-refractivity contribution >= 4 is 40.5 Å². The van der Waals surface area contributed by atoms with E-state index in [1.165, 1.54) is 0 Å². The highest BCUT2D eigenvalue weighted by atomic mass is 35.5. The Morgan fingerprint density at radius 2 is 1.85 bits per heavy atom. The molecule has 0 fully saturated rings. The van der Waals surface area contributed by atoms with E-state index in [1.807, 2.05) is 0 Å². The summed E-state index contributed by atoms with van der Waals surface area (Å²) in [5.74, 6) is 0. The minimum atomic E-state index is 0.267. The average molecular weight is 239 g/mol. The Morgan fingerprint density at radius 3 is 2.38 bits per heavy atom. The molecule has 13 heavy (non-hydrogen) atoms. The summed E-state index contributed by atoms with van der Waals surface area (Å²) in [6.07, 6.45) is 0. The van der Waals surface area contributed by atoms with Crippen molar-refractivity contribution in [2.24, 2.45) is 5.16 Å². The first-order valence-corrected chi connectivity index (χ1v) is 4.54. The molecule has 2 nitrogen and oxygen atoms in total. The molecular formula is C8H6Cl3NO. The first-order valence-electron chi connectivity index (χ1n) is 3.40. The topological polar surface area (TPSA) is 32.6 Å². The predicted molar refractivity (Wildman–Crippen MR) is 55.5 cm³/mol. The second kappa shape index (κ2) is 4.18. The summed E-state index contributed by atoms with van der Waals surface area (Å²) in [4.78, 5) is 0. The maximum Gasteiger partial charge on any atom is 0.0852 e. The smallest absolute Gasteiger partial charge is 0.0852 e. The Balaban J connectivity index is 3.34. The van der Waals surface area contributed by atoms with E-state index in [-0.39, 0.29) is 5.02 Å². The standard InChI is InChI=1S/C8H6Cl3NO/c1-4(12-13)5-2-3-6(9)8(11)7(5)10/h2-3,13H,1H3/b12-4+. The monoisotopic (exact) mass is 237 g/mol. The number of benzene rings is 1. The fraction of sp³-hybridized carbons (Fsp3) is 0.125. The molecule has 1 aromatic rings. The normalized spacial score (nSPS) is 11.8. The maximum absolute atomic E-state index is 8.53. The van der Waals surface area contributed by atoms with Crippen LogP contribution in [-0.2, 0) is 0 Å². The lowest BCUT2D eigenvalue weighted by Gasteiger charge is -2.04. The molecule has 1 N–H and O–H groups in total. The fourth-order valence-electron chi connectivity index (χ4n) is 0.859. The van der Waals surface area contributed by atoms with Gasteiger partial charge in [0.15, 0.2) is 0 Å². The molecule has 0 radical (unpaired) electrons. The molecule has 0 heterocycles. The molecular weight excluding hydrogens is 232 g/mol. The second-order valence-electron chi connectivity index (χ2n) is 2.41. The van der Waals surface area contributed by atoms with Crippen molar-refractivity contribution in [3.63, 3.8) is 0 Å². The number of nitrogens with zero attached hydrogens (tertiary/aromatic N) is 1. The molecule has 0 bridgehead atoms. The zero-order chi connectivity index (χ0) is 10.0. The van der Waals surface area contributed by atoms with Crippen molar-refractivity contribution in [3.8, 4) is 0 Å². The summed E-state index contributed by atoms with van der Waals surface area (Å²) in [5, 5.41) is 12.5. The molecule has 0 amide bonds. The van der Waals surface area contributed by atoms with E-state index in [2.05, 4.69) is 5.16 Å². The summed E-state index contributed by atoms with van der Waals surface area (Å²) in [7, 11) is 0. The molecule has 1 aromatic carbocycles. The minimum Gasteiger partial charge on any atom is -0.411 e. The van der Waals surface area contributed by atoms with E-state index < -0.39 is 0 Å². The molecule has 0 atom stereocenters. The van der Waals surface area contributed by atoms with Crippen LogP contribution in [-0.4, -0.2) is 10.9 Å². The second-order valence-corrected chi connectivity index (χ2v) is 3.57. The number of hydrogen-bond donors (Lipinski definition) is 1. The first kappa shape index (κ1) is 10.6. The Morgan fingerprint density at radius 1 is 1.23 bits per heavy atom. The Bertz CT molecular complexity index is 363. The summed E-state index contributed by atoms with van der Waals surface area (Å²) in [6.45, 7) is 1.62. The highest BCUT2D eigenvalue weighted by molar-refractivity contribution is 6.49. The average Bonchev–Trinajstić information content (AvgIpc) is 2.13. The maximum atomic E-state index is 8.53. The van der Waals surface area contributed by atoms with Crippen LogP contribution in [0.2, 0.25) is 15.1 Å². The van der Waals surface area contributed by atoms with Gasteiger partial charge in [0.25, 0.3) is 0 Å². The highest BCUT2D eigenvalue weighted by Gasteiger charge is 2.10. The molecule has 0 aliphatic heterocycles. The Hall–Kier alpha value is -0.440. The van der Waals surface area contributed by atoms with Gasteiger partial charge in [0.05, 0.1) is 20.8 Å². The molecule has 70 valence electrons. The van der Waals surface area contributed by atoms with E-state index >= 15 is 0 Å². The number of halogens is 3. The van der Waals surface area contributed by atoms with E-state index in [4.69, 9.17) is 40.0 Å². The van der Waals surface area contributed by atoms with E-state index in [1.54, 1.807) is 19.1 Å². The van der Waals surface area contributed by atoms with Crippen molar-refractivity contribution in [1.82, 2.24) is 0 Å². The van der Waals surface area contributed by atoms with Crippen LogP contribution in [0.15, 0.2) is 17.3 Å². The predicted octanol–water partition coefficient (Wildman–Crippen LogP) is 3.85. The fourth-order valence-corrected chi connectivity index (χ4v) is 1.53. The van der Waals surface area contributed by atoms with Gasteiger partial charge in [-0.3, -0.25) is 0 Å². The molecule has 0 aliphatic rings. The summed E-state index contributed by atoms with van der Waals surface area (Å²) < 4.78 is 0. The summed E-state index contributed by atoms with van der Waals surface area (Å²) in [6, 6.07) is 3.24. The van der Waals surface area contributed by atoms with E-state index in [0.717, 1.165) is 0 Å². The lowest BCUT2D eigenvalue weighted by molar-refractivity contribution is 0.319. The van der Waals surface area contributed by atoms with Gasteiger partial charge in [0, 0.05) is 5.56 Å². The van der Waals surface area contributed by atoms with Crippen LogP contribution in [0.3, 0.4) is 0 Å². The summed E-state index contributed by atoms with van der Waals surface area (Å²) >= 11 is 17.4. The lowest BCUT2D eigenvalue weighted by Crippen LogP contribution is -1.95. The Labute approximate surface area is 90.7 Å². The zero-order valence-electron chi connectivity index (χ0n) is 6.68. The van der Waals surface area contributed by atoms with Crippen molar-refractivity contribution in [1.29, 1.82) is 0 Å². The van der Waals surface area contributed by atoms with Crippen molar-refractivity contribution in [2.75, 3.05) is 0 Å². The third-order valence-corrected chi connectivity index (χ3v) is 2.87. The lowest BCUT2D eigenvalue weighted by atomic mass is 10.1. The van der Waals surface area contributed by atoms with Crippen LogP contribution < -0.4 is 0 Å².